The van der Waals surface area contributed by atoms with Gasteiger partial charge < -0.3 is 9.64 Å². The fourth-order valence-electron chi connectivity index (χ4n) is 2.46. The molecule has 1 heterocycles. The molecule has 1 aliphatic heterocycles. The number of aryl methyl sites for hydroxylation is 1. The Morgan fingerprint density at radius 2 is 1.89 bits per heavy atom. The van der Waals surface area contributed by atoms with Crippen molar-refractivity contribution in [2.45, 2.75) is 33.1 Å². The molecule has 0 unspecified atom stereocenters. The quantitative estimate of drug-likeness (QED) is 0.833. The smallest absolute Gasteiger partial charge is 0.260 e. The van der Waals surface area contributed by atoms with Gasteiger partial charge in [0.25, 0.3) is 5.91 Å². The molecule has 1 amide bonds. The maximum atomic E-state index is 12.0. The number of piperidine rings is 1. The summed E-state index contributed by atoms with van der Waals surface area (Å²) in [5.41, 5.74) is 1.19. The Morgan fingerprint density at radius 3 is 2.47 bits per heavy atom. The van der Waals surface area contributed by atoms with Crippen LogP contribution < -0.4 is 4.74 Å². The topological polar surface area (TPSA) is 29.5 Å². The molecule has 1 saturated heterocycles. The zero-order chi connectivity index (χ0) is 13.7. The number of rotatable bonds is 4. The SMILES string of the molecule is CCC1CCN(C(=O)COc2ccc(C)cc2)CC1. The van der Waals surface area contributed by atoms with Gasteiger partial charge in [-0.05, 0) is 37.8 Å². The fraction of sp³-hybridized carbons (Fsp3) is 0.562. The third-order valence-electron chi connectivity index (χ3n) is 3.93. The van der Waals surface area contributed by atoms with E-state index in [9.17, 15) is 4.79 Å². The van der Waals surface area contributed by atoms with E-state index in [0.29, 0.717) is 0 Å². The maximum absolute atomic E-state index is 12.0. The van der Waals surface area contributed by atoms with Crippen LogP contribution >= 0.6 is 0 Å². The summed E-state index contributed by atoms with van der Waals surface area (Å²) < 4.78 is 5.54. The van der Waals surface area contributed by atoms with Crippen molar-refractivity contribution in [3.63, 3.8) is 0 Å². The molecule has 0 spiro atoms. The van der Waals surface area contributed by atoms with Gasteiger partial charge in [0.1, 0.15) is 5.75 Å². The van der Waals surface area contributed by atoms with E-state index < -0.39 is 0 Å². The van der Waals surface area contributed by atoms with E-state index in [0.717, 1.165) is 37.6 Å². The molecule has 0 atom stereocenters. The maximum Gasteiger partial charge on any atom is 0.260 e. The molecule has 1 aromatic rings. The van der Waals surface area contributed by atoms with E-state index in [1.54, 1.807) is 0 Å². The van der Waals surface area contributed by atoms with Crippen molar-refractivity contribution in [1.82, 2.24) is 4.90 Å². The fourth-order valence-corrected chi connectivity index (χ4v) is 2.46. The van der Waals surface area contributed by atoms with Crippen molar-refractivity contribution in [2.24, 2.45) is 5.92 Å². The molecular formula is C16H23NO2. The van der Waals surface area contributed by atoms with Crippen molar-refractivity contribution >= 4 is 5.91 Å². The molecular weight excluding hydrogens is 238 g/mol. The van der Waals surface area contributed by atoms with Crippen molar-refractivity contribution in [3.05, 3.63) is 29.8 Å². The largest absolute Gasteiger partial charge is 0.484 e. The lowest BCUT2D eigenvalue weighted by molar-refractivity contribution is -0.134. The van der Waals surface area contributed by atoms with Crippen LogP contribution in [0.1, 0.15) is 31.7 Å². The predicted octanol–water partition coefficient (Wildman–Crippen LogP) is 3.02. The van der Waals surface area contributed by atoms with Crippen molar-refractivity contribution in [2.75, 3.05) is 19.7 Å². The van der Waals surface area contributed by atoms with E-state index >= 15 is 0 Å². The number of ether oxygens (including phenoxy) is 1. The predicted molar refractivity (Wildman–Crippen MR) is 76.3 cm³/mol. The molecule has 1 aromatic carbocycles. The van der Waals surface area contributed by atoms with Gasteiger partial charge in [-0.15, -0.1) is 0 Å². The Hall–Kier alpha value is -1.51. The molecule has 2 rings (SSSR count). The molecule has 3 heteroatoms. The normalized spacial score (nSPS) is 16.4. The second kappa shape index (κ2) is 6.60. The van der Waals surface area contributed by atoms with E-state index in [-0.39, 0.29) is 12.5 Å². The van der Waals surface area contributed by atoms with Crippen LogP contribution in [0.4, 0.5) is 0 Å². The van der Waals surface area contributed by atoms with Crippen molar-refractivity contribution < 1.29 is 9.53 Å². The van der Waals surface area contributed by atoms with E-state index in [4.69, 9.17) is 4.74 Å². The Labute approximate surface area is 115 Å². The van der Waals surface area contributed by atoms with Gasteiger partial charge in [0.05, 0.1) is 0 Å². The number of benzene rings is 1. The number of hydrogen-bond acceptors (Lipinski definition) is 2. The standard InChI is InChI=1S/C16H23NO2/c1-3-14-8-10-17(11-9-14)16(18)12-19-15-6-4-13(2)5-7-15/h4-7,14H,3,8-12H2,1-2H3. The van der Waals surface area contributed by atoms with Crippen LogP contribution in [-0.2, 0) is 4.79 Å². The van der Waals surface area contributed by atoms with Crippen molar-refractivity contribution in [3.8, 4) is 5.75 Å². The first kappa shape index (κ1) is 13.9. The monoisotopic (exact) mass is 261 g/mol. The average Bonchev–Trinajstić information content (AvgIpc) is 2.46. The Balaban J connectivity index is 1.77. The summed E-state index contributed by atoms with van der Waals surface area (Å²) in [5.74, 6) is 1.67. The number of amides is 1. The summed E-state index contributed by atoms with van der Waals surface area (Å²) in [5, 5.41) is 0. The zero-order valence-electron chi connectivity index (χ0n) is 11.9. The molecule has 0 N–H and O–H groups in total. The number of hydrogen-bond donors (Lipinski definition) is 0. The van der Waals surface area contributed by atoms with Crippen LogP contribution in [0, 0.1) is 12.8 Å². The molecule has 1 aliphatic rings. The van der Waals surface area contributed by atoms with Gasteiger partial charge in [-0.3, -0.25) is 4.79 Å². The molecule has 0 radical (unpaired) electrons. The summed E-state index contributed by atoms with van der Waals surface area (Å²) in [6.45, 7) is 6.18. The Bertz CT molecular complexity index is 405. The van der Waals surface area contributed by atoms with E-state index in [1.165, 1.54) is 12.0 Å². The van der Waals surface area contributed by atoms with Gasteiger partial charge in [-0.25, -0.2) is 0 Å². The molecule has 0 saturated carbocycles. The van der Waals surface area contributed by atoms with Gasteiger partial charge in [0.15, 0.2) is 6.61 Å². The average molecular weight is 261 g/mol. The van der Waals surface area contributed by atoms with E-state index in [2.05, 4.69) is 6.92 Å². The third-order valence-corrected chi connectivity index (χ3v) is 3.93. The van der Waals surface area contributed by atoms with Crippen molar-refractivity contribution in [1.29, 1.82) is 0 Å². The lowest BCUT2D eigenvalue weighted by Crippen LogP contribution is -2.40. The number of nitrogens with zero attached hydrogens (tertiary/aromatic N) is 1. The molecule has 3 nitrogen and oxygen atoms in total. The molecule has 0 bridgehead atoms. The second-order valence-electron chi connectivity index (χ2n) is 5.33. The summed E-state index contributed by atoms with van der Waals surface area (Å²) in [6.07, 6.45) is 3.49. The first-order valence-electron chi connectivity index (χ1n) is 7.16. The Morgan fingerprint density at radius 1 is 1.26 bits per heavy atom. The zero-order valence-corrected chi connectivity index (χ0v) is 11.9. The van der Waals surface area contributed by atoms with Crippen LogP contribution in [0.25, 0.3) is 0 Å². The van der Waals surface area contributed by atoms with Gasteiger partial charge in [-0.1, -0.05) is 31.0 Å². The Kier molecular flexibility index (Phi) is 4.83. The number of likely N-dealkylation sites (tertiary alicyclic amines) is 1. The third kappa shape index (κ3) is 3.98. The first-order chi connectivity index (χ1) is 9.19. The molecule has 104 valence electrons. The minimum absolute atomic E-state index is 0.107. The highest BCUT2D eigenvalue weighted by Gasteiger charge is 2.21. The second-order valence-corrected chi connectivity index (χ2v) is 5.33. The minimum atomic E-state index is 0.107. The highest BCUT2D eigenvalue weighted by atomic mass is 16.5. The minimum Gasteiger partial charge on any atom is -0.484 e. The molecule has 19 heavy (non-hydrogen) atoms. The summed E-state index contributed by atoms with van der Waals surface area (Å²) in [6, 6.07) is 7.80. The summed E-state index contributed by atoms with van der Waals surface area (Å²) in [7, 11) is 0. The highest BCUT2D eigenvalue weighted by molar-refractivity contribution is 5.77. The lowest BCUT2D eigenvalue weighted by Gasteiger charge is -2.31. The summed E-state index contributed by atoms with van der Waals surface area (Å²) >= 11 is 0. The first-order valence-corrected chi connectivity index (χ1v) is 7.16. The van der Waals surface area contributed by atoms with E-state index in [1.807, 2.05) is 36.1 Å². The van der Waals surface area contributed by atoms with Crippen LogP contribution in [0.2, 0.25) is 0 Å². The van der Waals surface area contributed by atoms with Gasteiger partial charge >= 0.3 is 0 Å². The lowest BCUT2D eigenvalue weighted by atomic mass is 9.94. The van der Waals surface area contributed by atoms with Gasteiger partial charge in [-0.2, -0.15) is 0 Å². The van der Waals surface area contributed by atoms with Gasteiger partial charge in [0.2, 0.25) is 0 Å². The van der Waals surface area contributed by atoms with Crippen LogP contribution in [-0.4, -0.2) is 30.5 Å². The molecule has 1 fully saturated rings. The van der Waals surface area contributed by atoms with Crippen LogP contribution in [0.15, 0.2) is 24.3 Å². The number of carbonyl (C=O) groups is 1. The summed E-state index contributed by atoms with van der Waals surface area (Å²) in [4.78, 5) is 14.0. The molecule has 0 aromatic heterocycles. The highest BCUT2D eigenvalue weighted by Crippen LogP contribution is 2.20. The van der Waals surface area contributed by atoms with Gasteiger partial charge in [0, 0.05) is 13.1 Å². The number of carbonyl (C=O) groups excluding carboxylic acids is 1. The van der Waals surface area contributed by atoms with Crippen LogP contribution in [0.5, 0.6) is 5.75 Å². The molecule has 0 aliphatic carbocycles. The van der Waals surface area contributed by atoms with Crippen LogP contribution in [0.3, 0.4) is 0 Å².